The molecule has 6 heteroatoms. The van der Waals surface area contributed by atoms with Gasteiger partial charge in [0.05, 0.1) is 18.3 Å². The van der Waals surface area contributed by atoms with Gasteiger partial charge in [0.2, 0.25) is 0 Å². The molecule has 0 saturated carbocycles. The van der Waals surface area contributed by atoms with Crippen LogP contribution in [0.4, 0.5) is 5.69 Å². The number of amides is 1. The van der Waals surface area contributed by atoms with Crippen molar-refractivity contribution < 1.29 is 4.79 Å². The van der Waals surface area contributed by atoms with Crippen LogP contribution in [-0.4, -0.2) is 46.8 Å². The van der Waals surface area contributed by atoms with E-state index in [0.717, 1.165) is 29.4 Å². The lowest BCUT2D eigenvalue weighted by Gasteiger charge is -2.36. The molecule has 3 aromatic rings. The van der Waals surface area contributed by atoms with Gasteiger partial charge in [0.15, 0.2) is 0 Å². The van der Waals surface area contributed by atoms with Crippen LogP contribution in [0.15, 0.2) is 67.0 Å². The standard InChI is InChI=1S/C21H21ClN4O/c22-19-6-8-20(9-7-19)24-10-12-25(13-11-24)21(27)18-14-23-26(16-18)15-17-4-2-1-3-5-17/h1-9,14,16H,10-13,15H2. The second-order valence-electron chi connectivity index (χ2n) is 6.67. The summed E-state index contributed by atoms with van der Waals surface area (Å²) in [5.41, 5.74) is 2.95. The monoisotopic (exact) mass is 380 g/mol. The first-order chi connectivity index (χ1) is 13.2. The molecule has 1 aliphatic rings. The van der Waals surface area contributed by atoms with Crippen molar-refractivity contribution in [1.82, 2.24) is 14.7 Å². The summed E-state index contributed by atoms with van der Waals surface area (Å²) in [5.74, 6) is 0.0464. The highest BCUT2D eigenvalue weighted by Gasteiger charge is 2.23. The van der Waals surface area contributed by atoms with E-state index >= 15 is 0 Å². The number of hydrogen-bond donors (Lipinski definition) is 0. The van der Waals surface area contributed by atoms with Crippen molar-refractivity contribution in [3.63, 3.8) is 0 Å². The maximum Gasteiger partial charge on any atom is 0.257 e. The minimum atomic E-state index is 0.0464. The Bertz CT molecular complexity index is 899. The first-order valence-electron chi connectivity index (χ1n) is 9.05. The summed E-state index contributed by atoms with van der Waals surface area (Å²) in [5, 5.41) is 5.08. The van der Waals surface area contributed by atoms with Crippen LogP contribution >= 0.6 is 11.6 Å². The van der Waals surface area contributed by atoms with Crippen LogP contribution in [0.5, 0.6) is 0 Å². The third-order valence-corrected chi connectivity index (χ3v) is 5.08. The first-order valence-corrected chi connectivity index (χ1v) is 9.43. The largest absolute Gasteiger partial charge is 0.368 e. The fourth-order valence-electron chi connectivity index (χ4n) is 3.33. The molecule has 1 saturated heterocycles. The molecule has 1 aliphatic heterocycles. The van der Waals surface area contributed by atoms with E-state index in [2.05, 4.69) is 22.1 Å². The molecule has 1 amide bonds. The van der Waals surface area contributed by atoms with E-state index < -0.39 is 0 Å². The lowest BCUT2D eigenvalue weighted by atomic mass is 10.2. The zero-order valence-electron chi connectivity index (χ0n) is 15.0. The minimum Gasteiger partial charge on any atom is -0.368 e. The SMILES string of the molecule is O=C(c1cnn(Cc2ccccc2)c1)N1CCN(c2ccc(Cl)cc2)CC1. The lowest BCUT2D eigenvalue weighted by Crippen LogP contribution is -2.48. The highest BCUT2D eigenvalue weighted by molar-refractivity contribution is 6.30. The molecule has 1 aromatic heterocycles. The van der Waals surface area contributed by atoms with Gasteiger partial charge in [0.25, 0.3) is 5.91 Å². The average Bonchev–Trinajstić information content (AvgIpc) is 3.17. The molecular weight excluding hydrogens is 360 g/mol. The maximum absolute atomic E-state index is 12.8. The van der Waals surface area contributed by atoms with Crippen LogP contribution in [-0.2, 0) is 6.54 Å². The normalized spacial score (nSPS) is 14.4. The molecule has 2 aromatic carbocycles. The smallest absolute Gasteiger partial charge is 0.257 e. The Balaban J connectivity index is 1.36. The van der Waals surface area contributed by atoms with Gasteiger partial charge in [-0.15, -0.1) is 0 Å². The fourth-order valence-corrected chi connectivity index (χ4v) is 3.46. The number of nitrogens with zero attached hydrogens (tertiary/aromatic N) is 4. The Hall–Kier alpha value is -2.79. The summed E-state index contributed by atoms with van der Waals surface area (Å²) in [7, 11) is 0. The molecule has 0 spiro atoms. The summed E-state index contributed by atoms with van der Waals surface area (Å²) in [6, 6.07) is 18.0. The molecule has 0 N–H and O–H groups in total. The van der Waals surface area contributed by atoms with Gasteiger partial charge < -0.3 is 9.80 Å². The summed E-state index contributed by atoms with van der Waals surface area (Å²) < 4.78 is 1.81. The van der Waals surface area contributed by atoms with E-state index in [0.29, 0.717) is 25.2 Å². The number of benzene rings is 2. The number of hydrogen-bond acceptors (Lipinski definition) is 3. The van der Waals surface area contributed by atoms with E-state index in [1.165, 1.54) is 0 Å². The summed E-state index contributed by atoms with van der Waals surface area (Å²) >= 11 is 5.96. The van der Waals surface area contributed by atoms with Crippen LogP contribution in [0.2, 0.25) is 5.02 Å². The zero-order chi connectivity index (χ0) is 18.6. The van der Waals surface area contributed by atoms with Gasteiger partial charge in [-0.25, -0.2) is 0 Å². The van der Waals surface area contributed by atoms with Gasteiger partial charge in [-0.3, -0.25) is 9.48 Å². The van der Waals surface area contributed by atoms with Crippen LogP contribution < -0.4 is 4.90 Å². The number of anilines is 1. The van der Waals surface area contributed by atoms with Gasteiger partial charge in [-0.1, -0.05) is 41.9 Å². The highest BCUT2D eigenvalue weighted by atomic mass is 35.5. The number of aromatic nitrogens is 2. The summed E-state index contributed by atoms with van der Waals surface area (Å²) in [6.45, 7) is 3.69. The molecule has 0 atom stereocenters. The van der Waals surface area contributed by atoms with E-state index in [-0.39, 0.29) is 5.91 Å². The predicted octanol–water partition coefficient (Wildman–Crippen LogP) is 3.55. The van der Waals surface area contributed by atoms with Crippen molar-refractivity contribution >= 4 is 23.2 Å². The van der Waals surface area contributed by atoms with Gasteiger partial charge in [0, 0.05) is 43.1 Å². The molecule has 0 unspecified atom stereocenters. The van der Waals surface area contributed by atoms with Crippen molar-refractivity contribution in [3.05, 3.63) is 83.1 Å². The van der Waals surface area contributed by atoms with Crippen LogP contribution in [0.3, 0.4) is 0 Å². The second kappa shape index (κ2) is 7.84. The molecule has 0 bridgehead atoms. The lowest BCUT2D eigenvalue weighted by molar-refractivity contribution is 0.0746. The van der Waals surface area contributed by atoms with Crippen molar-refractivity contribution in [2.45, 2.75) is 6.54 Å². The van der Waals surface area contributed by atoms with Crippen molar-refractivity contribution in [2.75, 3.05) is 31.1 Å². The summed E-state index contributed by atoms with van der Waals surface area (Å²) in [4.78, 5) is 17.0. The van der Waals surface area contributed by atoms with Gasteiger partial charge in [0.1, 0.15) is 0 Å². The quantitative estimate of drug-likeness (QED) is 0.695. The average molecular weight is 381 g/mol. The number of carbonyl (C=O) groups is 1. The topological polar surface area (TPSA) is 41.4 Å². The molecule has 2 heterocycles. The van der Waals surface area contributed by atoms with Crippen LogP contribution in [0, 0.1) is 0 Å². The molecule has 0 radical (unpaired) electrons. The number of piperazine rings is 1. The van der Waals surface area contributed by atoms with Gasteiger partial charge >= 0.3 is 0 Å². The van der Waals surface area contributed by atoms with Gasteiger partial charge in [-0.05, 0) is 29.8 Å². The molecule has 5 nitrogen and oxygen atoms in total. The van der Waals surface area contributed by atoms with E-state index in [1.54, 1.807) is 6.20 Å². The number of carbonyl (C=O) groups excluding carboxylic acids is 1. The highest BCUT2D eigenvalue weighted by Crippen LogP contribution is 2.20. The zero-order valence-corrected chi connectivity index (χ0v) is 15.7. The van der Waals surface area contributed by atoms with Crippen LogP contribution in [0.25, 0.3) is 0 Å². The van der Waals surface area contributed by atoms with E-state index in [1.807, 2.05) is 58.2 Å². The fraction of sp³-hybridized carbons (Fsp3) is 0.238. The Morgan fingerprint density at radius 1 is 0.963 bits per heavy atom. The molecule has 138 valence electrons. The Labute approximate surface area is 163 Å². The third-order valence-electron chi connectivity index (χ3n) is 4.83. The predicted molar refractivity (Wildman–Crippen MR) is 107 cm³/mol. The molecule has 1 fully saturated rings. The molecule has 27 heavy (non-hydrogen) atoms. The Kier molecular flexibility index (Phi) is 5.12. The molecule has 4 rings (SSSR count). The van der Waals surface area contributed by atoms with Crippen LogP contribution in [0.1, 0.15) is 15.9 Å². The van der Waals surface area contributed by atoms with E-state index in [4.69, 9.17) is 11.6 Å². The first kappa shape index (κ1) is 17.6. The van der Waals surface area contributed by atoms with Gasteiger partial charge in [-0.2, -0.15) is 5.10 Å². The molecular formula is C21H21ClN4O. The summed E-state index contributed by atoms with van der Waals surface area (Å²) in [6.07, 6.45) is 3.50. The van der Waals surface area contributed by atoms with Crippen molar-refractivity contribution in [2.24, 2.45) is 0 Å². The van der Waals surface area contributed by atoms with Crippen molar-refractivity contribution in [3.8, 4) is 0 Å². The maximum atomic E-state index is 12.8. The third kappa shape index (κ3) is 4.14. The second-order valence-corrected chi connectivity index (χ2v) is 7.10. The Morgan fingerprint density at radius 2 is 1.67 bits per heavy atom. The Morgan fingerprint density at radius 3 is 2.37 bits per heavy atom. The minimum absolute atomic E-state index is 0.0464. The van der Waals surface area contributed by atoms with Crippen molar-refractivity contribution in [1.29, 1.82) is 0 Å². The number of rotatable bonds is 4. The van der Waals surface area contributed by atoms with E-state index in [9.17, 15) is 4.79 Å². The molecule has 0 aliphatic carbocycles. The number of halogens is 1.